The fourth-order valence-electron chi connectivity index (χ4n) is 4.74. The van der Waals surface area contributed by atoms with Crippen molar-refractivity contribution >= 4 is 17.5 Å². The maximum Gasteiger partial charge on any atom is 0.251 e. The Morgan fingerprint density at radius 3 is 2.67 bits per heavy atom. The molecule has 0 radical (unpaired) electrons. The third-order valence-corrected chi connectivity index (χ3v) is 6.44. The van der Waals surface area contributed by atoms with Crippen molar-refractivity contribution in [2.75, 3.05) is 31.1 Å². The molecule has 0 bridgehead atoms. The number of anilines is 1. The number of carbonyl (C=O) groups excluding carboxylic acids is 2. The highest BCUT2D eigenvalue weighted by atomic mass is 16.5. The summed E-state index contributed by atoms with van der Waals surface area (Å²) in [7, 11) is 0. The third kappa shape index (κ3) is 3.48. The Morgan fingerprint density at radius 2 is 1.96 bits per heavy atom. The predicted octanol–water partition coefficient (Wildman–Crippen LogP) is 1.79. The molecule has 3 saturated heterocycles. The number of ether oxygens (including phenoxy) is 1. The van der Waals surface area contributed by atoms with E-state index >= 15 is 0 Å². The Labute approximate surface area is 159 Å². The molecule has 6 nitrogen and oxygen atoms in total. The first-order chi connectivity index (χ1) is 13.2. The van der Waals surface area contributed by atoms with Gasteiger partial charge >= 0.3 is 0 Å². The summed E-state index contributed by atoms with van der Waals surface area (Å²) in [5.41, 5.74) is 1.54. The van der Waals surface area contributed by atoms with Gasteiger partial charge in [0.25, 0.3) is 5.91 Å². The maximum atomic E-state index is 12.6. The van der Waals surface area contributed by atoms with E-state index < -0.39 is 0 Å². The first-order valence-electron chi connectivity index (χ1n) is 10.2. The Balaban J connectivity index is 1.18. The van der Waals surface area contributed by atoms with Crippen LogP contribution in [0.2, 0.25) is 0 Å². The Morgan fingerprint density at radius 1 is 1.15 bits per heavy atom. The number of carbonyl (C=O) groups is 2. The highest BCUT2D eigenvalue weighted by molar-refractivity contribution is 5.97. The topological polar surface area (TPSA) is 61.9 Å². The smallest absolute Gasteiger partial charge is 0.251 e. The van der Waals surface area contributed by atoms with Crippen LogP contribution in [-0.4, -0.2) is 61.1 Å². The fraction of sp³-hybridized carbons (Fsp3) is 0.619. The van der Waals surface area contributed by atoms with Gasteiger partial charge in [-0.15, -0.1) is 0 Å². The molecule has 4 fully saturated rings. The molecule has 1 aliphatic carbocycles. The van der Waals surface area contributed by atoms with Crippen molar-refractivity contribution in [2.45, 2.75) is 50.3 Å². The molecule has 2 amide bonds. The average Bonchev–Trinajstić information content (AvgIpc) is 3.32. The molecule has 1 saturated carbocycles. The lowest BCUT2D eigenvalue weighted by atomic mass is 10.1. The molecule has 3 aliphatic heterocycles. The number of nitrogens with one attached hydrogen (secondary N) is 1. The van der Waals surface area contributed by atoms with Crippen molar-refractivity contribution < 1.29 is 14.3 Å². The molecular weight excluding hydrogens is 342 g/mol. The lowest BCUT2D eigenvalue weighted by Gasteiger charge is -2.35. The van der Waals surface area contributed by atoms with Crippen molar-refractivity contribution in [3.05, 3.63) is 29.8 Å². The molecular formula is C21H27N3O3. The molecule has 1 aromatic rings. The van der Waals surface area contributed by atoms with Gasteiger partial charge < -0.3 is 15.0 Å². The summed E-state index contributed by atoms with van der Waals surface area (Å²) in [5, 5.41) is 3.19. The molecule has 27 heavy (non-hydrogen) atoms. The monoisotopic (exact) mass is 369 g/mol. The minimum atomic E-state index is -0.0289. The lowest BCUT2D eigenvalue weighted by molar-refractivity contribution is -0.117. The van der Waals surface area contributed by atoms with Crippen LogP contribution in [0, 0.1) is 5.92 Å². The molecule has 144 valence electrons. The predicted molar refractivity (Wildman–Crippen MR) is 102 cm³/mol. The molecule has 6 heteroatoms. The second kappa shape index (κ2) is 6.91. The van der Waals surface area contributed by atoms with Gasteiger partial charge in [0.15, 0.2) is 0 Å². The number of fused-ring (bicyclic) bond motifs is 1. The van der Waals surface area contributed by atoms with Gasteiger partial charge in [0, 0.05) is 49.4 Å². The number of rotatable bonds is 4. The van der Waals surface area contributed by atoms with Crippen molar-refractivity contribution in [3.8, 4) is 0 Å². The van der Waals surface area contributed by atoms with Gasteiger partial charge in [-0.1, -0.05) is 0 Å². The highest BCUT2D eigenvalue weighted by Crippen LogP contribution is 2.37. The van der Waals surface area contributed by atoms with E-state index in [9.17, 15) is 9.59 Å². The van der Waals surface area contributed by atoms with Crippen LogP contribution < -0.4 is 10.2 Å². The van der Waals surface area contributed by atoms with Crippen molar-refractivity contribution in [3.63, 3.8) is 0 Å². The minimum absolute atomic E-state index is 0.0289. The van der Waals surface area contributed by atoms with E-state index in [2.05, 4.69) is 10.2 Å². The Kier molecular flexibility index (Phi) is 4.40. The summed E-state index contributed by atoms with van der Waals surface area (Å²) in [4.78, 5) is 28.8. The lowest BCUT2D eigenvalue weighted by Crippen LogP contribution is -2.47. The zero-order valence-corrected chi connectivity index (χ0v) is 15.6. The van der Waals surface area contributed by atoms with Gasteiger partial charge in [0.1, 0.15) is 0 Å². The molecule has 0 aromatic heterocycles. The second-order valence-corrected chi connectivity index (χ2v) is 8.42. The molecule has 0 unspecified atom stereocenters. The molecule has 4 aliphatic rings. The van der Waals surface area contributed by atoms with E-state index in [1.807, 2.05) is 24.3 Å². The number of nitrogens with zero attached hydrogens (tertiary/aromatic N) is 2. The molecule has 3 heterocycles. The minimum Gasteiger partial charge on any atom is -0.375 e. The van der Waals surface area contributed by atoms with Crippen molar-refractivity contribution in [1.82, 2.24) is 10.2 Å². The molecule has 3 atom stereocenters. The second-order valence-electron chi connectivity index (χ2n) is 8.42. The molecule has 1 aromatic carbocycles. The van der Waals surface area contributed by atoms with Crippen LogP contribution in [0.5, 0.6) is 0 Å². The highest BCUT2D eigenvalue weighted by Gasteiger charge is 2.42. The fourth-order valence-corrected chi connectivity index (χ4v) is 4.74. The number of morpholine rings is 1. The van der Waals surface area contributed by atoms with Gasteiger partial charge in [-0.05, 0) is 55.9 Å². The molecule has 5 rings (SSSR count). The number of hydrogen-bond donors (Lipinski definition) is 1. The quantitative estimate of drug-likeness (QED) is 0.879. The van der Waals surface area contributed by atoms with Crippen LogP contribution in [0.4, 0.5) is 5.69 Å². The van der Waals surface area contributed by atoms with Crippen LogP contribution >= 0.6 is 0 Å². The summed E-state index contributed by atoms with van der Waals surface area (Å²) < 4.78 is 6.04. The Hall–Kier alpha value is -1.92. The van der Waals surface area contributed by atoms with E-state index in [-0.39, 0.29) is 17.9 Å². The van der Waals surface area contributed by atoms with E-state index in [4.69, 9.17) is 4.74 Å². The normalized spacial score (nSPS) is 31.2. The van der Waals surface area contributed by atoms with Gasteiger partial charge in [-0.25, -0.2) is 0 Å². The SMILES string of the molecule is O=C(N[C@H]1C[C@H]2CO[C@@H](C3CC3)CN2C1)c1ccc(N2CCCC2=O)cc1. The Bertz CT molecular complexity index is 731. The summed E-state index contributed by atoms with van der Waals surface area (Å²) in [6.07, 6.45) is 5.50. The third-order valence-electron chi connectivity index (χ3n) is 6.44. The van der Waals surface area contributed by atoms with Gasteiger partial charge in [0.05, 0.1) is 12.7 Å². The zero-order chi connectivity index (χ0) is 18.4. The van der Waals surface area contributed by atoms with Gasteiger partial charge in [0.2, 0.25) is 5.91 Å². The zero-order valence-electron chi connectivity index (χ0n) is 15.6. The van der Waals surface area contributed by atoms with Crippen molar-refractivity contribution in [1.29, 1.82) is 0 Å². The van der Waals surface area contributed by atoms with E-state index in [0.29, 0.717) is 24.1 Å². The van der Waals surface area contributed by atoms with E-state index in [1.165, 1.54) is 12.8 Å². The van der Waals surface area contributed by atoms with E-state index in [0.717, 1.165) is 50.7 Å². The summed E-state index contributed by atoms with van der Waals surface area (Å²) in [6.45, 7) is 3.50. The van der Waals surface area contributed by atoms with E-state index in [1.54, 1.807) is 4.90 Å². The first kappa shape index (κ1) is 17.2. The largest absolute Gasteiger partial charge is 0.375 e. The van der Waals surface area contributed by atoms with Crippen molar-refractivity contribution in [2.24, 2.45) is 5.92 Å². The molecule has 1 N–H and O–H groups in total. The van der Waals surface area contributed by atoms with Gasteiger partial charge in [-0.3, -0.25) is 14.5 Å². The summed E-state index contributed by atoms with van der Waals surface area (Å²) in [6, 6.07) is 8.03. The number of hydrogen-bond acceptors (Lipinski definition) is 4. The average molecular weight is 369 g/mol. The van der Waals surface area contributed by atoms with Crippen LogP contribution in [0.25, 0.3) is 0 Å². The van der Waals surface area contributed by atoms with Crippen LogP contribution in [-0.2, 0) is 9.53 Å². The summed E-state index contributed by atoms with van der Waals surface area (Å²) in [5.74, 6) is 0.904. The standard InChI is InChI=1S/C21H27N3O3/c25-20-2-1-9-24(20)17-7-5-15(6-8-17)21(26)22-16-10-18-13-27-19(14-3-4-14)12-23(18)11-16/h5-8,14,16,18-19H,1-4,9-13H2,(H,22,26)/t16-,18-,19+/m0/s1. The number of benzene rings is 1. The first-order valence-corrected chi connectivity index (χ1v) is 10.2. The maximum absolute atomic E-state index is 12.6. The summed E-state index contributed by atoms with van der Waals surface area (Å²) >= 11 is 0. The van der Waals surface area contributed by atoms with Gasteiger partial charge in [-0.2, -0.15) is 0 Å². The number of amides is 2. The molecule has 0 spiro atoms. The van der Waals surface area contributed by atoms with Crippen LogP contribution in [0.15, 0.2) is 24.3 Å². The van der Waals surface area contributed by atoms with Crippen LogP contribution in [0.3, 0.4) is 0 Å². The van der Waals surface area contributed by atoms with Crippen LogP contribution in [0.1, 0.15) is 42.5 Å².